The van der Waals surface area contributed by atoms with Gasteiger partial charge in [0.05, 0.1) is 6.07 Å². The van der Waals surface area contributed by atoms with E-state index in [0.717, 1.165) is 9.28 Å². The summed E-state index contributed by atoms with van der Waals surface area (Å²) >= 11 is 2.13. The molecule has 1 aromatic rings. The van der Waals surface area contributed by atoms with Crippen LogP contribution in [0, 0.1) is 11.3 Å². The third-order valence-electron chi connectivity index (χ3n) is 1.30. The summed E-state index contributed by atoms with van der Waals surface area (Å²) in [6.07, 6.45) is 0. The second-order valence-corrected chi connectivity index (χ2v) is 3.15. The Labute approximate surface area is 85.1 Å². The van der Waals surface area contributed by atoms with E-state index in [4.69, 9.17) is 5.26 Å². The van der Waals surface area contributed by atoms with Crippen LogP contribution in [-0.4, -0.2) is 10.3 Å². The van der Waals surface area contributed by atoms with Gasteiger partial charge >= 0.3 is 0 Å². The molecule has 0 unspecified atom stereocenters. The van der Waals surface area contributed by atoms with Crippen molar-refractivity contribution in [3.63, 3.8) is 0 Å². The molecule has 0 aliphatic rings. The molecule has 0 fully saturated rings. The monoisotopic (exact) mass is 270 g/mol. The van der Waals surface area contributed by atoms with Gasteiger partial charge in [0.2, 0.25) is 0 Å². The van der Waals surface area contributed by atoms with Crippen molar-refractivity contribution in [2.75, 3.05) is 6.54 Å². The van der Waals surface area contributed by atoms with Crippen molar-refractivity contribution in [1.29, 1.82) is 5.26 Å². The third-order valence-corrected chi connectivity index (χ3v) is 2.26. The van der Waals surface area contributed by atoms with Gasteiger partial charge in [0.1, 0.15) is 10.3 Å². The van der Waals surface area contributed by atoms with Crippen LogP contribution < -0.4 is 0 Å². The number of nitrogens with zero attached hydrogens (tertiary/aromatic N) is 2. The Hall–Kier alpha value is -0.890. The van der Waals surface area contributed by atoms with Gasteiger partial charge in [-0.1, -0.05) is 30.3 Å². The smallest absolute Gasteiger partial charge is 0.127 e. The van der Waals surface area contributed by atoms with E-state index in [0.29, 0.717) is 0 Å². The Morgan fingerprint density at radius 2 is 2.08 bits per heavy atom. The van der Waals surface area contributed by atoms with E-state index in [9.17, 15) is 0 Å². The van der Waals surface area contributed by atoms with Gasteiger partial charge in [-0.25, -0.2) is 0 Å². The normalized spacial score (nSPS) is 10.8. The Morgan fingerprint density at radius 1 is 1.42 bits per heavy atom. The largest absolute Gasteiger partial charge is 0.263 e. The fourth-order valence-electron chi connectivity index (χ4n) is 0.772. The highest BCUT2D eigenvalue weighted by Crippen LogP contribution is 2.06. The highest BCUT2D eigenvalue weighted by molar-refractivity contribution is 14.1. The van der Waals surface area contributed by atoms with Crippen molar-refractivity contribution in [3.8, 4) is 6.07 Å². The highest BCUT2D eigenvalue weighted by atomic mass is 127. The lowest BCUT2D eigenvalue weighted by Crippen LogP contribution is -1.90. The molecule has 60 valence electrons. The fraction of sp³-hybridized carbons (Fsp3) is 0.111. The van der Waals surface area contributed by atoms with Crippen LogP contribution in [0.15, 0.2) is 35.3 Å². The van der Waals surface area contributed by atoms with E-state index in [1.807, 2.05) is 36.4 Å². The second kappa shape index (κ2) is 4.88. The number of rotatable bonds is 2. The van der Waals surface area contributed by atoms with Crippen LogP contribution in [-0.2, 0) is 0 Å². The lowest BCUT2D eigenvalue weighted by Gasteiger charge is -1.95. The summed E-state index contributed by atoms with van der Waals surface area (Å²) < 4.78 is 0.884. The lowest BCUT2D eigenvalue weighted by atomic mass is 10.2. The van der Waals surface area contributed by atoms with Crippen molar-refractivity contribution < 1.29 is 0 Å². The first kappa shape index (κ1) is 9.20. The number of hydrogen-bond acceptors (Lipinski definition) is 2. The van der Waals surface area contributed by atoms with Gasteiger partial charge in [0.25, 0.3) is 0 Å². The van der Waals surface area contributed by atoms with Crippen molar-refractivity contribution in [3.05, 3.63) is 35.9 Å². The van der Waals surface area contributed by atoms with Crippen LogP contribution in [0.5, 0.6) is 0 Å². The van der Waals surface area contributed by atoms with Crippen LogP contribution in [0.1, 0.15) is 5.56 Å². The summed E-state index contributed by atoms with van der Waals surface area (Å²) in [5, 5.41) is 8.30. The van der Waals surface area contributed by atoms with Gasteiger partial charge in [-0.15, -0.1) is 0 Å². The van der Waals surface area contributed by atoms with Crippen LogP contribution in [0.2, 0.25) is 0 Å². The molecule has 0 aromatic heterocycles. The number of hydrogen-bond donors (Lipinski definition) is 0. The third kappa shape index (κ3) is 2.62. The summed E-state index contributed by atoms with van der Waals surface area (Å²) in [6.45, 7) is 0.229. The summed E-state index contributed by atoms with van der Waals surface area (Å²) in [5.74, 6) is 0. The zero-order chi connectivity index (χ0) is 8.81. The van der Waals surface area contributed by atoms with Gasteiger partial charge in [-0.2, -0.15) is 5.26 Å². The molecule has 0 aliphatic carbocycles. The van der Waals surface area contributed by atoms with E-state index in [-0.39, 0.29) is 6.54 Å². The Bertz CT molecular complexity index is 311. The lowest BCUT2D eigenvalue weighted by molar-refractivity contribution is 1.25. The predicted octanol–water partition coefficient (Wildman–Crippen LogP) is 2.39. The van der Waals surface area contributed by atoms with Gasteiger partial charge < -0.3 is 0 Å². The van der Waals surface area contributed by atoms with Gasteiger partial charge in [0, 0.05) is 5.56 Å². The average molecular weight is 270 g/mol. The molecule has 12 heavy (non-hydrogen) atoms. The molecule has 0 aliphatic heterocycles. The van der Waals surface area contributed by atoms with Crippen LogP contribution in [0.3, 0.4) is 0 Å². The highest BCUT2D eigenvalue weighted by Gasteiger charge is 1.94. The first-order valence-electron chi connectivity index (χ1n) is 3.47. The molecule has 0 amide bonds. The number of aliphatic imine (C=N–C) groups is 1. The van der Waals surface area contributed by atoms with Gasteiger partial charge in [-0.05, 0) is 22.6 Å². The number of nitriles is 1. The Balaban J connectivity index is 2.79. The van der Waals surface area contributed by atoms with E-state index in [2.05, 4.69) is 27.6 Å². The number of benzene rings is 1. The van der Waals surface area contributed by atoms with E-state index in [1.54, 1.807) is 0 Å². The molecular weight excluding hydrogens is 263 g/mol. The first-order chi connectivity index (χ1) is 5.84. The molecule has 1 rings (SSSR count). The molecule has 0 radical (unpaired) electrons. The summed E-state index contributed by atoms with van der Waals surface area (Å²) in [6, 6.07) is 11.8. The maximum absolute atomic E-state index is 8.30. The molecule has 0 saturated heterocycles. The summed E-state index contributed by atoms with van der Waals surface area (Å²) in [7, 11) is 0. The van der Waals surface area contributed by atoms with E-state index in [1.165, 1.54) is 0 Å². The van der Waals surface area contributed by atoms with E-state index >= 15 is 0 Å². The maximum Gasteiger partial charge on any atom is 0.127 e. The molecule has 2 nitrogen and oxygen atoms in total. The van der Waals surface area contributed by atoms with Gasteiger partial charge in [-0.3, -0.25) is 4.99 Å². The minimum atomic E-state index is 0.229. The average Bonchev–Trinajstić information content (AvgIpc) is 2.15. The number of halogens is 1. The minimum Gasteiger partial charge on any atom is -0.263 e. The molecule has 0 spiro atoms. The van der Waals surface area contributed by atoms with Crippen molar-refractivity contribution in [2.24, 2.45) is 4.99 Å². The Kier molecular flexibility index (Phi) is 3.74. The zero-order valence-electron chi connectivity index (χ0n) is 6.37. The molecular formula is C9H7IN2. The second-order valence-electron chi connectivity index (χ2n) is 2.13. The summed E-state index contributed by atoms with van der Waals surface area (Å²) in [5.41, 5.74) is 1.06. The van der Waals surface area contributed by atoms with Crippen molar-refractivity contribution >= 4 is 26.3 Å². The standard InChI is InChI=1S/C9H7IN2/c10-9(12-7-6-11)8-4-2-1-3-5-8/h1-5H,7H2/b12-9+. The van der Waals surface area contributed by atoms with Gasteiger partial charge in [0.15, 0.2) is 0 Å². The van der Waals surface area contributed by atoms with Crippen LogP contribution in [0.25, 0.3) is 0 Å². The Morgan fingerprint density at radius 3 is 2.67 bits per heavy atom. The molecule has 0 atom stereocenters. The zero-order valence-corrected chi connectivity index (χ0v) is 8.52. The SMILES string of the molecule is N#CC/N=C(/I)c1ccccc1. The first-order valence-corrected chi connectivity index (χ1v) is 4.55. The van der Waals surface area contributed by atoms with E-state index < -0.39 is 0 Å². The molecule has 3 heteroatoms. The molecule has 1 aromatic carbocycles. The van der Waals surface area contributed by atoms with Crippen LogP contribution in [0.4, 0.5) is 0 Å². The molecule has 0 heterocycles. The maximum atomic E-state index is 8.30. The molecule has 0 saturated carbocycles. The van der Waals surface area contributed by atoms with Crippen molar-refractivity contribution in [1.82, 2.24) is 0 Å². The van der Waals surface area contributed by atoms with Crippen molar-refractivity contribution in [2.45, 2.75) is 0 Å². The fourth-order valence-corrected chi connectivity index (χ4v) is 1.30. The van der Waals surface area contributed by atoms with Crippen LogP contribution >= 0.6 is 22.6 Å². The molecule has 0 N–H and O–H groups in total. The molecule has 0 bridgehead atoms. The topological polar surface area (TPSA) is 36.1 Å². The predicted molar refractivity (Wildman–Crippen MR) is 57.5 cm³/mol. The quantitative estimate of drug-likeness (QED) is 0.461. The summed E-state index contributed by atoms with van der Waals surface area (Å²) in [4.78, 5) is 4.06. The minimum absolute atomic E-state index is 0.229.